The molecule has 1 aliphatic heterocycles. The number of carbonyl (C=O) groups is 1. The van der Waals surface area contributed by atoms with Crippen molar-refractivity contribution in [3.63, 3.8) is 0 Å². The molecule has 0 aromatic rings. The zero-order valence-electron chi connectivity index (χ0n) is 8.43. The molecule has 4 heteroatoms. The Morgan fingerprint density at radius 1 is 1.43 bits per heavy atom. The van der Waals surface area contributed by atoms with Crippen LogP contribution in [-0.4, -0.2) is 30.5 Å². The number of nitrogens with one attached hydrogen (secondary N) is 1. The van der Waals surface area contributed by atoms with Gasteiger partial charge >= 0.3 is 0 Å². The molecule has 0 aliphatic carbocycles. The van der Waals surface area contributed by atoms with E-state index in [1.807, 2.05) is 0 Å². The minimum absolute atomic E-state index is 0.0707. The first-order valence-electron chi connectivity index (χ1n) is 5.30. The maximum Gasteiger partial charge on any atom is 0.249 e. The highest BCUT2D eigenvalue weighted by Crippen LogP contribution is 2.11. The van der Waals surface area contributed by atoms with Gasteiger partial charge < -0.3 is 10.1 Å². The summed E-state index contributed by atoms with van der Waals surface area (Å²) in [6.07, 6.45) is 5.12. The molecule has 14 heavy (non-hydrogen) atoms. The third-order valence-corrected chi connectivity index (χ3v) is 2.89. The fourth-order valence-electron chi connectivity index (χ4n) is 1.51. The van der Waals surface area contributed by atoms with Crippen LogP contribution in [0.1, 0.15) is 32.1 Å². The number of hydrogen-bond acceptors (Lipinski definition) is 2. The number of ether oxygens (including phenoxy) is 1. The number of amides is 1. The minimum Gasteiger partial charge on any atom is -0.368 e. The van der Waals surface area contributed by atoms with Crippen molar-refractivity contribution in [2.75, 3.05) is 18.5 Å². The number of rotatable bonds is 6. The van der Waals surface area contributed by atoms with Crippen LogP contribution in [-0.2, 0) is 9.53 Å². The van der Waals surface area contributed by atoms with Crippen molar-refractivity contribution in [3.05, 3.63) is 0 Å². The molecule has 0 radical (unpaired) electrons. The van der Waals surface area contributed by atoms with Gasteiger partial charge in [0.15, 0.2) is 0 Å². The van der Waals surface area contributed by atoms with Gasteiger partial charge in [-0.3, -0.25) is 4.79 Å². The molecule has 1 aliphatic rings. The number of carbonyl (C=O) groups excluding carboxylic acids is 1. The molecule has 1 fully saturated rings. The van der Waals surface area contributed by atoms with Gasteiger partial charge in [0.25, 0.3) is 0 Å². The molecule has 0 aromatic heterocycles. The summed E-state index contributed by atoms with van der Waals surface area (Å²) in [6, 6.07) is 0. The van der Waals surface area contributed by atoms with Gasteiger partial charge in [-0.05, 0) is 25.7 Å². The Kier molecular flexibility index (Phi) is 6.19. The van der Waals surface area contributed by atoms with E-state index in [9.17, 15) is 4.79 Å². The standard InChI is InChI=1S/C10H18BrNO2/c11-6-2-1-3-7-12-10(13)9-5-4-8-14-9/h9H,1-8H2,(H,12,13). The smallest absolute Gasteiger partial charge is 0.249 e. The van der Waals surface area contributed by atoms with Crippen molar-refractivity contribution >= 4 is 21.8 Å². The van der Waals surface area contributed by atoms with Crippen LogP contribution in [0.3, 0.4) is 0 Å². The summed E-state index contributed by atoms with van der Waals surface area (Å²) in [5.74, 6) is 0.0707. The van der Waals surface area contributed by atoms with E-state index in [1.54, 1.807) is 0 Å². The fourth-order valence-corrected chi connectivity index (χ4v) is 1.90. The highest BCUT2D eigenvalue weighted by Gasteiger charge is 2.22. The summed E-state index contributed by atoms with van der Waals surface area (Å²) < 4.78 is 5.27. The Morgan fingerprint density at radius 2 is 2.29 bits per heavy atom. The molecule has 1 atom stereocenters. The first-order chi connectivity index (χ1) is 6.84. The van der Waals surface area contributed by atoms with E-state index in [1.165, 1.54) is 6.42 Å². The molecular formula is C10H18BrNO2. The summed E-state index contributed by atoms with van der Waals surface area (Å²) in [5.41, 5.74) is 0. The summed E-state index contributed by atoms with van der Waals surface area (Å²) in [4.78, 5) is 11.4. The lowest BCUT2D eigenvalue weighted by atomic mass is 10.2. The molecule has 1 saturated heterocycles. The van der Waals surface area contributed by atoms with Crippen molar-refractivity contribution in [3.8, 4) is 0 Å². The second-order valence-electron chi connectivity index (χ2n) is 3.54. The van der Waals surface area contributed by atoms with E-state index in [0.29, 0.717) is 0 Å². The first-order valence-corrected chi connectivity index (χ1v) is 6.42. The third-order valence-electron chi connectivity index (χ3n) is 2.33. The van der Waals surface area contributed by atoms with Gasteiger partial charge in [0, 0.05) is 18.5 Å². The Bertz CT molecular complexity index is 170. The second kappa shape index (κ2) is 7.23. The lowest BCUT2D eigenvalue weighted by molar-refractivity contribution is -0.130. The number of alkyl halides is 1. The summed E-state index contributed by atoms with van der Waals surface area (Å²) >= 11 is 3.38. The van der Waals surface area contributed by atoms with Crippen molar-refractivity contribution in [1.82, 2.24) is 5.32 Å². The van der Waals surface area contributed by atoms with Crippen molar-refractivity contribution in [2.24, 2.45) is 0 Å². The lowest BCUT2D eigenvalue weighted by Crippen LogP contribution is -2.34. The van der Waals surface area contributed by atoms with Gasteiger partial charge in [0.1, 0.15) is 6.10 Å². The molecule has 0 saturated carbocycles. The maximum absolute atomic E-state index is 11.4. The highest BCUT2D eigenvalue weighted by atomic mass is 79.9. The van der Waals surface area contributed by atoms with E-state index in [0.717, 1.165) is 44.2 Å². The Morgan fingerprint density at radius 3 is 2.93 bits per heavy atom. The van der Waals surface area contributed by atoms with Crippen LogP contribution in [0.4, 0.5) is 0 Å². The second-order valence-corrected chi connectivity index (χ2v) is 4.34. The quantitative estimate of drug-likeness (QED) is 0.587. The number of hydrogen-bond donors (Lipinski definition) is 1. The minimum atomic E-state index is -0.175. The van der Waals surface area contributed by atoms with E-state index in [-0.39, 0.29) is 12.0 Å². The molecule has 0 spiro atoms. The Balaban J connectivity index is 1.97. The van der Waals surface area contributed by atoms with E-state index >= 15 is 0 Å². The summed E-state index contributed by atoms with van der Waals surface area (Å²) in [6.45, 7) is 1.52. The van der Waals surface area contributed by atoms with Gasteiger partial charge in [-0.1, -0.05) is 22.4 Å². The zero-order valence-corrected chi connectivity index (χ0v) is 10.0. The van der Waals surface area contributed by atoms with Gasteiger partial charge in [-0.2, -0.15) is 0 Å². The van der Waals surface area contributed by atoms with Gasteiger partial charge in [0.05, 0.1) is 0 Å². The molecule has 1 amide bonds. The topological polar surface area (TPSA) is 38.3 Å². The maximum atomic E-state index is 11.4. The Labute approximate surface area is 93.7 Å². The van der Waals surface area contributed by atoms with Crippen LogP contribution in [0.2, 0.25) is 0 Å². The largest absolute Gasteiger partial charge is 0.368 e. The van der Waals surface area contributed by atoms with Crippen LogP contribution < -0.4 is 5.32 Å². The van der Waals surface area contributed by atoms with Crippen LogP contribution >= 0.6 is 15.9 Å². The molecule has 3 nitrogen and oxygen atoms in total. The average Bonchev–Trinajstić information content (AvgIpc) is 2.70. The molecule has 82 valence electrons. The van der Waals surface area contributed by atoms with Crippen LogP contribution in [0, 0.1) is 0 Å². The molecule has 1 heterocycles. The van der Waals surface area contributed by atoms with Crippen molar-refractivity contribution < 1.29 is 9.53 Å². The predicted molar refractivity (Wildman–Crippen MR) is 59.6 cm³/mol. The molecule has 1 unspecified atom stereocenters. The fraction of sp³-hybridized carbons (Fsp3) is 0.900. The normalized spacial score (nSPS) is 21.1. The van der Waals surface area contributed by atoms with E-state index in [4.69, 9.17) is 4.74 Å². The Hall–Kier alpha value is -0.0900. The molecule has 0 aromatic carbocycles. The number of unbranched alkanes of at least 4 members (excludes halogenated alkanes) is 2. The molecule has 1 rings (SSSR count). The highest BCUT2D eigenvalue weighted by molar-refractivity contribution is 9.09. The van der Waals surface area contributed by atoms with Gasteiger partial charge in [0.2, 0.25) is 5.91 Å². The van der Waals surface area contributed by atoms with Crippen LogP contribution in [0.25, 0.3) is 0 Å². The van der Waals surface area contributed by atoms with Gasteiger partial charge in [-0.15, -0.1) is 0 Å². The van der Waals surface area contributed by atoms with Crippen LogP contribution in [0.15, 0.2) is 0 Å². The zero-order chi connectivity index (χ0) is 10.2. The monoisotopic (exact) mass is 263 g/mol. The first kappa shape index (κ1) is 12.0. The summed E-state index contributed by atoms with van der Waals surface area (Å²) in [7, 11) is 0. The molecule has 1 N–H and O–H groups in total. The predicted octanol–water partition coefficient (Wildman–Crippen LogP) is 1.85. The number of halogens is 1. The van der Waals surface area contributed by atoms with Crippen molar-refractivity contribution in [2.45, 2.75) is 38.2 Å². The SMILES string of the molecule is O=C(NCCCCCBr)C1CCCO1. The van der Waals surface area contributed by atoms with Crippen LogP contribution in [0.5, 0.6) is 0 Å². The summed E-state index contributed by atoms with van der Waals surface area (Å²) in [5, 5.41) is 3.95. The van der Waals surface area contributed by atoms with E-state index < -0.39 is 0 Å². The lowest BCUT2D eigenvalue weighted by Gasteiger charge is -2.09. The van der Waals surface area contributed by atoms with Crippen molar-refractivity contribution in [1.29, 1.82) is 0 Å². The van der Waals surface area contributed by atoms with Gasteiger partial charge in [-0.25, -0.2) is 0 Å². The van der Waals surface area contributed by atoms with E-state index in [2.05, 4.69) is 21.2 Å². The third kappa shape index (κ3) is 4.42. The molecular weight excluding hydrogens is 246 g/mol. The molecule has 0 bridgehead atoms. The average molecular weight is 264 g/mol.